The molecular weight excluding hydrogens is 530 g/mol. The van der Waals surface area contributed by atoms with E-state index >= 15 is 0 Å². The van der Waals surface area contributed by atoms with Gasteiger partial charge in [0.05, 0.1) is 6.61 Å². The smallest absolute Gasteiger partial charge is 0.145 e. The van der Waals surface area contributed by atoms with Gasteiger partial charge < -0.3 is 19.3 Å². The minimum Gasteiger partial charge on any atom is -0.494 e. The number of piperidine rings is 1. The number of benzene rings is 3. The molecule has 0 saturated carbocycles. The van der Waals surface area contributed by atoms with E-state index in [2.05, 4.69) is 82.6 Å². The lowest BCUT2D eigenvalue weighted by Gasteiger charge is -2.32. The summed E-state index contributed by atoms with van der Waals surface area (Å²) < 4.78 is 12.6. The number of hydrogen-bond donors (Lipinski definition) is 0. The zero-order valence-electron chi connectivity index (χ0n) is 25.6. The zero-order chi connectivity index (χ0) is 29.1. The van der Waals surface area contributed by atoms with E-state index in [9.17, 15) is 0 Å². The van der Waals surface area contributed by atoms with Gasteiger partial charge in [0, 0.05) is 37.8 Å². The van der Waals surface area contributed by atoms with Gasteiger partial charge in [-0.05, 0) is 99.0 Å². The van der Waals surface area contributed by atoms with Gasteiger partial charge in [0.15, 0.2) is 0 Å². The first-order chi connectivity index (χ1) is 21.3. The fourth-order valence-corrected chi connectivity index (χ4v) is 6.58. The average molecular weight is 578 g/mol. The summed E-state index contributed by atoms with van der Waals surface area (Å²) in [5.74, 6) is 1.91. The molecule has 4 aromatic rings. The molecule has 5 nitrogen and oxygen atoms in total. The van der Waals surface area contributed by atoms with Gasteiger partial charge in [0.2, 0.25) is 0 Å². The molecule has 3 aromatic carbocycles. The minimum atomic E-state index is 0.234. The molecule has 2 aliphatic heterocycles. The standard InChI is InChI=1S/C38H47N3O2/c1-2-7-24-40(23-6-1)25-9-29-42-34-16-13-31(14-17-34)19-26-41-27-20-35(21-28-41)43-37-18-15-33(30-32-10-4-3-5-11-32)36-12-8-22-39-38(36)37/h3-5,8,10-18,22,35H,1-2,6-7,9,19-21,23-30H2. The van der Waals surface area contributed by atoms with Crippen molar-refractivity contribution in [3.63, 3.8) is 0 Å². The molecular formula is C38H47N3O2. The van der Waals surface area contributed by atoms with Crippen molar-refractivity contribution in [1.29, 1.82) is 0 Å². The van der Waals surface area contributed by atoms with E-state index in [4.69, 9.17) is 14.5 Å². The summed E-state index contributed by atoms with van der Waals surface area (Å²) in [4.78, 5) is 9.91. The molecule has 2 saturated heterocycles. The van der Waals surface area contributed by atoms with Crippen molar-refractivity contribution in [1.82, 2.24) is 14.8 Å². The van der Waals surface area contributed by atoms with Crippen LogP contribution in [0.5, 0.6) is 11.5 Å². The van der Waals surface area contributed by atoms with Gasteiger partial charge in [-0.15, -0.1) is 0 Å². The highest BCUT2D eigenvalue weighted by Gasteiger charge is 2.22. The molecule has 0 aliphatic carbocycles. The Kier molecular flexibility index (Phi) is 10.6. The lowest BCUT2D eigenvalue weighted by molar-refractivity contribution is 0.102. The number of rotatable bonds is 12. The fourth-order valence-electron chi connectivity index (χ4n) is 6.58. The van der Waals surface area contributed by atoms with Crippen LogP contribution in [0.1, 0.15) is 61.6 Å². The quantitative estimate of drug-likeness (QED) is 0.163. The van der Waals surface area contributed by atoms with Crippen LogP contribution in [0.15, 0.2) is 85.1 Å². The Hall–Kier alpha value is -3.41. The van der Waals surface area contributed by atoms with E-state index in [1.807, 2.05) is 12.3 Å². The SMILES string of the molecule is c1ccc(Cc2ccc(OC3CCN(CCc4ccc(OCCCN5CCCCCC5)cc4)CC3)c3ncccc23)cc1. The van der Waals surface area contributed by atoms with Crippen molar-refractivity contribution in [2.24, 2.45) is 0 Å². The van der Waals surface area contributed by atoms with E-state index in [1.54, 1.807) is 0 Å². The summed E-state index contributed by atoms with van der Waals surface area (Å²) in [6.45, 7) is 7.71. The normalized spacial score (nSPS) is 17.1. The first kappa shape index (κ1) is 29.7. The molecule has 0 unspecified atom stereocenters. The summed E-state index contributed by atoms with van der Waals surface area (Å²) in [6, 6.07) is 27.9. The highest BCUT2D eigenvalue weighted by molar-refractivity contribution is 5.87. The van der Waals surface area contributed by atoms with E-state index in [0.717, 1.165) is 81.9 Å². The molecule has 0 N–H and O–H groups in total. The molecule has 5 heteroatoms. The Labute approximate surface area is 257 Å². The van der Waals surface area contributed by atoms with Crippen molar-refractivity contribution in [2.75, 3.05) is 45.9 Å². The van der Waals surface area contributed by atoms with Crippen LogP contribution < -0.4 is 9.47 Å². The molecule has 0 bridgehead atoms. The van der Waals surface area contributed by atoms with Crippen molar-refractivity contribution < 1.29 is 9.47 Å². The van der Waals surface area contributed by atoms with Gasteiger partial charge in [0.1, 0.15) is 23.1 Å². The number of likely N-dealkylation sites (tertiary alicyclic amines) is 2. The van der Waals surface area contributed by atoms with Gasteiger partial charge in [-0.2, -0.15) is 0 Å². The van der Waals surface area contributed by atoms with Crippen LogP contribution >= 0.6 is 0 Å². The summed E-state index contributed by atoms with van der Waals surface area (Å²) in [7, 11) is 0. The predicted molar refractivity (Wildman–Crippen MR) is 176 cm³/mol. The van der Waals surface area contributed by atoms with Crippen molar-refractivity contribution in [3.8, 4) is 11.5 Å². The van der Waals surface area contributed by atoms with E-state index in [-0.39, 0.29) is 6.10 Å². The topological polar surface area (TPSA) is 37.8 Å². The third-order valence-corrected chi connectivity index (χ3v) is 9.11. The van der Waals surface area contributed by atoms with Crippen LogP contribution in [-0.2, 0) is 12.8 Å². The van der Waals surface area contributed by atoms with Crippen molar-refractivity contribution in [2.45, 2.75) is 63.9 Å². The maximum absolute atomic E-state index is 6.57. The molecule has 43 heavy (non-hydrogen) atoms. The molecule has 2 fully saturated rings. The Morgan fingerprint density at radius 1 is 0.698 bits per heavy atom. The number of pyridine rings is 1. The maximum Gasteiger partial charge on any atom is 0.145 e. The van der Waals surface area contributed by atoms with Crippen LogP contribution in [0.25, 0.3) is 10.9 Å². The fraction of sp³-hybridized carbons (Fsp3) is 0.447. The summed E-state index contributed by atoms with van der Waals surface area (Å²) in [6.07, 6.45) is 12.8. The summed E-state index contributed by atoms with van der Waals surface area (Å²) >= 11 is 0. The van der Waals surface area contributed by atoms with E-state index in [1.165, 1.54) is 60.8 Å². The molecule has 0 spiro atoms. The van der Waals surface area contributed by atoms with Gasteiger partial charge in [-0.25, -0.2) is 0 Å². The summed E-state index contributed by atoms with van der Waals surface area (Å²) in [5.41, 5.74) is 4.96. The molecule has 0 atom stereocenters. The third kappa shape index (κ3) is 8.58. The van der Waals surface area contributed by atoms with Crippen molar-refractivity contribution in [3.05, 3.63) is 102 Å². The van der Waals surface area contributed by atoms with Gasteiger partial charge in [-0.1, -0.05) is 67.4 Å². The van der Waals surface area contributed by atoms with Crippen LogP contribution in [-0.4, -0.2) is 66.8 Å². The molecule has 226 valence electrons. The van der Waals surface area contributed by atoms with Crippen LogP contribution in [0.3, 0.4) is 0 Å². The lowest BCUT2D eigenvalue weighted by atomic mass is 10.00. The second-order valence-corrected chi connectivity index (χ2v) is 12.3. The van der Waals surface area contributed by atoms with Crippen molar-refractivity contribution >= 4 is 10.9 Å². The Morgan fingerprint density at radius 3 is 2.26 bits per heavy atom. The van der Waals surface area contributed by atoms with Gasteiger partial charge in [-0.3, -0.25) is 4.98 Å². The highest BCUT2D eigenvalue weighted by Crippen LogP contribution is 2.30. The summed E-state index contributed by atoms with van der Waals surface area (Å²) in [5, 5.41) is 1.19. The Bertz CT molecular complexity index is 1390. The highest BCUT2D eigenvalue weighted by atomic mass is 16.5. The monoisotopic (exact) mass is 577 g/mol. The molecule has 2 aliphatic rings. The first-order valence-corrected chi connectivity index (χ1v) is 16.5. The molecule has 1 aromatic heterocycles. The first-order valence-electron chi connectivity index (χ1n) is 16.5. The van der Waals surface area contributed by atoms with Gasteiger partial charge >= 0.3 is 0 Å². The second-order valence-electron chi connectivity index (χ2n) is 12.3. The van der Waals surface area contributed by atoms with Crippen LogP contribution in [0.4, 0.5) is 0 Å². The lowest BCUT2D eigenvalue weighted by Crippen LogP contribution is -2.39. The number of ether oxygens (including phenoxy) is 2. The predicted octanol–water partition coefficient (Wildman–Crippen LogP) is 7.56. The molecule has 0 amide bonds. The number of nitrogens with zero attached hydrogens (tertiary/aromatic N) is 3. The van der Waals surface area contributed by atoms with E-state index < -0.39 is 0 Å². The zero-order valence-corrected chi connectivity index (χ0v) is 25.6. The van der Waals surface area contributed by atoms with E-state index in [0.29, 0.717) is 0 Å². The molecule has 3 heterocycles. The number of fused-ring (bicyclic) bond motifs is 1. The average Bonchev–Trinajstić information content (AvgIpc) is 3.34. The van der Waals surface area contributed by atoms with Crippen LogP contribution in [0.2, 0.25) is 0 Å². The molecule has 0 radical (unpaired) electrons. The van der Waals surface area contributed by atoms with Crippen LogP contribution in [0, 0.1) is 0 Å². The largest absolute Gasteiger partial charge is 0.494 e. The number of hydrogen-bond acceptors (Lipinski definition) is 5. The molecule has 6 rings (SSSR count). The minimum absolute atomic E-state index is 0.234. The second kappa shape index (κ2) is 15.4. The Morgan fingerprint density at radius 2 is 1.47 bits per heavy atom. The number of aromatic nitrogens is 1. The van der Waals surface area contributed by atoms with Gasteiger partial charge in [0.25, 0.3) is 0 Å². The maximum atomic E-state index is 6.57. The Balaban J connectivity index is 0.928. The third-order valence-electron chi connectivity index (χ3n) is 9.11.